The number of carbonyl (C=O) groups excluding carboxylic acids is 2. The van der Waals surface area contributed by atoms with Gasteiger partial charge in [0.2, 0.25) is 11.8 Å². The van der Waals surface area contributed by atoms with E-state index in [4.69, 9.17) is 14.6 Å². The Bertz CT molecular complexity index is 685. The summed E-state index contributed by atoms with van der Waals surface area (Å²) >= 11 is 1.13. The number of hydrogen-bond donors (Lipinski definition) is 1. The zero-order valence-electron chi connectivity index (χ0n) is 12.3. The van der Waals surface area contributed by atoms with Crippen LogP contribution >= 0.6 is 11.8 Å². The van der Waals surface area contributed by atoms with Crippen LogP contribution in [0.1, 0.15) is 19.3 Å². The van der Waals surface area contributed by atoms with Gasteiger partial charge in [-0.1, -0.05) is 11.8 Å². The molecule has 0 unspecified atom stereocenters. The van der Waals surface area contributed by atoms with Gasteiger partial charge in [-0.15, -0.1) is 10.2 Å². The molecule has 1 atom stereocenters. The number of primary amides is 1. The standard InChI is InChI=1S/C14H16N4O4S/c15-12(20)9-4-1-2-6-18(9)11(19)8-23-14-17-16-13(22-14)10-5-3-7-21-10/h3,5,7,9H,1-2,4,6,8H2,(H2,15,20)/t9-/m0/s1. The highest BCUT2D eigenvalue weighted by Gasteiger charge is 2.30. The molecule has 1 aliphatic heterocycles. The van der Waals surface area contributed by atoms with Crippen LogP contribution in [0.2, 0.25) is 0 Å². The molecular formula is C14H16N4O4S. The summed E-state index contributed by atoms with van der Waals surface area (Å²) in [5.41, 5.74) is 5.37. The molecule has 3 rings (SSSR count). The molecule has 3 heterocycles. The summed E-state index contributed by atoms with van der Waals surface area (Å²) < 4.78 is 10.6. The number of rotatable bonds is 5. The highest BCUT2D eigenvalue weighted by Crippen LogP contribution is 2.24. The number of nitrogens with zero attached hydrogens (tertiary/aromatic N) is 3. The van der Waals surface area contributed by atoms with E-state index in [0.717, 1.165) is 24.6 Å². The summed E-state index contributed by atoms with van der Waals surface area (Å²) in [5.74, 6) is 0.236. The molecule has 0 spiro atoms. The molecule has 2 N–H and O–H groups in total. The minimum absolute atomic E-state index is 0.115. The number of thioether (sulfide) groups is 1. The van der Waals surface area contributed by atoms with Crippen molar-refractivity contribution >= 4 is 23.6 Å². The van der Waals surface area contributed by atoms with Gasteiger partial charge in [0.1, 0.15) is 6.04 Å². The molecule has 23 heavy (non-hydrogen) atoms. The Morgan fingerprint density at radius 2 is 2.26 bits per heavy atom. The van der Waals surface area contributed by atoms with E-state index in [2.05, 4.69) is 10.2 Å². The number of furan rings is 1. The topological polar surface area (TPSA) is 115 Å². The molecule has 9 heteroatoms. The number of aromatic nitrogens is 2. The van der Waals surface area contributed by atoms with Crippen LogP contribution in [0.25, 0.3) is 11.7 Å². The number of amides is 2. The minimum Gasteiger partial charge on any atom is -0.459 e. The van der Waals surface area contributed by atoms with Crippen molar-refractivity contribution in [2.45, 2.75) is 30.5 Å². The van der Waals surface area contributed by atoms with E-state index in [9.17, 15) is 9.59 Å². The second-order valence-corrected chi connectivity index (χ2v) is 6.07. The van der Waals surface area contributed by atoms with Gasteiger partial charge in [-0.05, 0) is 31.4 Å². The third-order valence-corrected chi connectivity index (χ3v) is 4.41. The maximum absolute atomic E-state index is 12.3. The third kappa shape index (κ3) is 3.55. The molecule has 1 aliphatic rings. The predicted molar refractivity (Wildman–Crippen MR) is 81.3 cm³/mol. The van der Waals surface area contributed by atoms with Crippen LogP contribution in [-0.2, 0) is 9.59 Å². The fraction of sp³-hybridized carbons (Fsp3) is 0.429. The maximum atomic E-state index is 12.3. The average molecular weight is 336 g/mol. The van der Waals surface area contributed by atoms with Gasteiger partial charge < -0.3 is 19.5 Å². The van der Waals surface area contributed by atoms with E-state index >= 15 is 0 Å². The van der Waals surface area contributed by atoms with E-state index < -0.39 is 11.9 Å². The summed E-state index contributed by atoms with van der Waals surface area (Å²) in [6.45, 7) is 0.550. The van der Waals surface area contributed by atoms with E-state index in [1.165, 1.54) is 6.26 Å². The molecule has 2 aromatic heterocycles. The molecule has 2 aromatic rings. The van der Waals surface area contributed by atoms with Gasteiger partial charge in [-0.25, -0.2) is 0 Å². The van der Waals surface area contributed by atoms with Gasteiger partial charge in [0.25, 0.3) is 11.1 Å². The molecule has 8 nitrogen and oxygen atoms in total. The fourth-order valence-corrected chi connectivity index (χ4v) is 3.15. The number of hydrogen-bond acceptors (Lipinski definition) is 7. The molecule has 1 fully saturated rings. The van der Waals surface area contributed by atoms with Crippen LogP contribution < -0.4 is 5.73 Å². The van der Waals surface area contributed by atoms with Gasteiger partial charge in [0.05, 0.1) is 12.0 Å². The maximum Gasteiger partial charge on any atom is 0.284 e. The van der Waals surface area contributed by atoms with Crippen LogP contribution in [0.3, 0.4) is 0 Å². The van der Waals surface area contributed by atoms with E-state index in [1.807, 2.05) is 0 Å². The SMILES string of the molecule is NC(=O)[C@@H]1CCCCN1C(=O)CSc1nnc(-c2ccco2)o1. The number of likely N-dealkylation sites (tertiary alicyclic amines) is 1. The van der Waals surface area contributed by atoms with Crippen molar-refractivity contribution in [1.82, 2.24) is 15.1 Å². The Morgan fingerprint density at radius 3 is 3.00 bits per heavy atom. The van der Waals surface area contributed by atoms with Crippen LogP contribution in [-0.4, -0.2) is 45.3 Å². The monoisotopic (exact) mass is 336 g/mol. The quantitative estimate of drug-likeness (QED) is 0.818. The predicted octanol–water partition coefficient (Wildman–Crippen LogP) is 1.29. The van der Waals surface area contributed by atoms with Crippen molar-refractivity contribution in [3.8, 4) is 11.7 Å². The second-order valence-electron chi connectivity index (χ2n) is 5.14. The average Bonchev–Trinajstić information content (AvgIpc) is 3.23. The first kappa shape index (κ1) is 15.6. The van der Waals surface area contributed by atoms with Crippen molar-refractivity contribution in [3.63, 3.8) is 0 Å². The highest BCUT2D eigenvalue weighted by molar-refractivity contribution is 7.99. The van der Waals surface area contributed by atoms with Crippen LogP contribution in [0.15, 0.2) is 32.5 Å². The van der Waals surface area contributed by atoms with Crippen molar-refractivity contribution < 1.29 is 18.4 Å². The van der Waals surface area contributed by atoms with E-state index in [1.54, 1.807) is 17.0 Å². The Morgan fingerprint density at radius 1 is 1.39 bits per heavy atom. The number of carbonyl (C=O) groups is 2. The molecule has 0 saturated carbocycles. The third-order valence-electron chi connectivity index (χ3n) is 3.61. The van der Waals surface area contributed by atoms with Crippen molar-refractivity contribution in [2.75, 3.05) is 12.3 Å². The Kier molecular flexibility index (Phi) is 4.65. The van der Waals surface area contributed by atoms with Crippen LogP contribution in [0, 0.1) is 0 Å². The summed E-state index contributed by atoms with van der Waals surface area (Å²) in [7, 11) is 0. The molecule has 2 amide bonds. The van der Waals surface area contributed by atoms with Gasteiger partial charge in [0, 0.05) is 6.54 Å². The first-order valence-electron chi connectivity index (χ1n) is 7.24. The van der Waals surface area contributed by atoms with E-state index in [0.29, 0.717) is 18.7 Å². The lowest BCUT2D eigenvalue weighted by molar-refractivity contribution is -0.138. The highest BCUT2D eigenvalue weighted by atomic mass is 32.2. The smallest absolute Gasteiger partial charge is 0.284 e. The first-order valence-corrected chi connectivity index (χ1v) is 8.22. The lowest BCUT2D eigenvalue weighted by Crippen LogP contribution is -2.51. The summed E-state index contributed by atoms with van der Waals surface area (Å²) in [5, 5.41) is 8.00. The van der Waals surface area contributed by atoms with Gasteiger partial charge >= 0.3 is 0 Å². The summed E-state index contributed by atoms with van der Waals surface area (Å²) in [6.07, 6.45) is 3.91. The summed E-state index contributed by atoms with van der Waals surface area (Å²) in [6, 6.07) is 2.91. The molecule has 1 saturated heterocycles. The normalized spacial score (nSPS) is 18.1. The van der Waals surface area contributed by atoms with Gasteiger partial charge in [-0.3, -0.25) is 9.59 Å². The first-order chi connectivity index (χ1) is 11.1. The molecule has 0 aliphatic carbocycles. The Balaban J connectivity index is 1.59. The number of nitrogens with two attached hydrogens (primary N) is 1. The molecule has 0 bridgehead atoms. The molecule has 0 radical (unpaired) electrons. The van der Waals surface area contributed by atoms with Gasteiger partial charge in [0.15, 0.2) is 5.76 Å². The fourth-order valence-electron chi connectivity index (χ4n) is 2.50. The molecule has 122 valence electrons. The zero-order chi connectivity index (χ0) is 16.2. The zero-order valence-corrected chi connectivity index (χ0v) is 13.1. The van der Waals surface area contributed by atoms with Crippen molar-refractivity contribution in [1.29, 1.82) is 0 Å². The van der Waals surface area contributed by atoms with Crippen molar-refractivity contribution in [2.24, 2.45) is 5.73 Å². The Hall–Kier alpha value is -2.29. The number of piperidine rings is 1. The van der Waals surface area contributed by atoms with E-state index in [-0.39, 0.29) is 22.8 Å². The molecule has 0 aromatic carbocycles. The van der Waals surface area contributed by atoms with Crippen molar-refractivity contribution in [3.05, 3.63) is 18.4 Å². The largest absolute Gasteiger partial charge is 0.459 e. The van der Waals surface area contributed by atoms with Gasteiger partial charge in [-0.2, -0.15) is 0 Å². The lowest BCUT2D eigenvalue weighted by atomic mass is 10.0. The Labute approximate surface area is 136 Å². The second kappa shape index (κ2) is 6.86. The lowest BCUT2D eigenvalue weighted by Gasteiger charge is -2.33. The summed E-state index contributed by atoms with van der Waals surface area (Å²) in [4.78, 5) is 25.3. The molecular weight excluding hydrogens is 320 g/mol. The minimum atomic E-state index is -0.516. The van der Waals surface area contributed by atoms with Crippen LogP contribution in [0.5, 0.6) is 0 Å². The van der Waals surface area contributed by atoms with Crippen LogP contribution in [0.4, 0.5) is 0 Å².